The molecular formula is C18H23NO. The van der Waals surface area contributed by atoms with Gasteiger partial charge in [-0.2, -0.15) is 0 Å². The minimum Gasteiger partial charge on any atom is -0.497 e. The quantitative estimate of drug-likeness (QED) is 0.880. The van der Waals surface area contributed by atoms with Crippen LogP contribution in [0, 0.1) is 13.8 Å². The summed E-state index contributed by atoms with van der Waals surface area (Å²) in [7, 11) is 1.69. The molecule has 0 heterocycles. The second-order valence-corrected chi connectivity index (χ2v) is 5.29. The lowest BCUT2D eigenvalue weighted by atomic mass is 10.0. The lowest BCUT2D eigenvalue weighted by Crippen LogP contribution is -2.18. The van der Waals surface area contributed by atoms with Crippen LogP contribution in [0.4, 0.5) is 0 Å². The van der Waals surface area contributed by atoms with Crippen molar-refractivity contribution in [3.63, 3.8) is 0 Å². The maximum atomic E-state index is 5.17. The van der Waals surface area contributed by atoms with Crippen molar-refractivity contribution in [3.8, 4) is 5.75 Å². The smallest absolute Gasteiger partial charge is 0.118 e. The number of hydrogen-bond donors (Lipinski definition) is 1. The second kappa shape index (κ2) is 6.58. The molecule has 0 aliphatic rings. The highest BCUT2D eigenvalue weighted by atomic mass is 16.5. The third-order valence-corrected chi connectivity index (χ3v) is 3.80. The summed E-state index contributed by atoms with van der Waals surface area (Å²) in [5.41, 5.74) is 5.29. The number of hydrogen-bond acceptors (Lipinski definition) is 2. The fourth-order valence-corrected chi connectivity index (χ4v) is 2.17. The summed E-state index contributed by atoms with van der Waals surface area (Å²) in [6.45, 7) is 7.37. The zero-order chi connectivity index (χ0) is 14.5. The molecule has 2 aromatic rings. The number of aryl methyl sites for hydroxylation is 2. The molecule has 1 atom stereocenters. The lowest BCUT2D eigenvalue weighted by Gasteiger charge is -2.16. The summed E-state index contributed by atoms with van der Waals surface area (Å²) < 4.78 is 5.17. The van der Waals surface area contributed by atoms with Crippen LogP contribution in [0.3, 0.4) is 0 Å². The molecule has 0 spiro atoms. The van der Waals surface area contributed by atoms with E-state index in [0.717, 1.165) is 12.3 Å². The predicted octanol–water partition coefficient (Wildman–Crippen LogP) is 4.16. The maximum Gasteiger partial charge on any atom is 0.118 e. The highest BCUT2D eigenvalue weighted by molar-refractivity contribution is 5.32. The standard InChI is InChI=1S/C18H23NO/c1-13-5-8-17(11-14(13)2)15(3)19-12-16-6-9-18(20-4)10-7-16/h5-11,15,19H,12H2,1-4H3. The second-order valence-electron chi connectivity index (χ2n) is 5.29. The van der Waals surface area contributed by atoms with Crippen LogP contribution in [0.25, 0.3) is 0 Å². The Balaban J connectivity index is 1.96. The first-order valence-electron chi connectivity index (χ1n) is 7.03. The van der Waals surface area contributed by atoms with E-state index in [4.69, 9.17) is 4.74 Å². The Labute approximate surface area is 121 Å². The molecular weight excluding hydrogens is 246 g/mol. The summed E-state index contributed by atoms with van der Waals surface area (Å²) in [5.74, 6) is 0.899. The summed E-state index contributed by atoms with van der Waals surface area (Å²) in [6, 6.07) is 15.2. The van der Waals surface area contributed by atoms with Gasteiger partial charge in [0, 0.05) is 12.6 Å². The molecule has 0 bridgehead atoms. The average molecular weight is 269 g/mol. The van der Waals surface area contributed by atoms with Gasteiger partial charge in [0.05, 0.1) is 7.11 Å². The Morgan fingerprint density at radius 1 is 1.00 bits per heavy atom. The molecule has 2 aromatic carbocycles. The van der Waals surface area contributed by atoms with E-state index in [1.165, 1.54) is 22.3 Å². The van der Waals surface area contributed by atoms with Crippen LogP contribution < -0.4 is 10.1 Å². The molecule has 0 fully saturated rings. The molecule has 1 N–H and O–H groups in total. The van der Waals surface area contributed by atoms with Gasteiger partial charge >= 0.3 is 0 Å². The van der Waals surface area contributed by atoms with Gasteiger partial charge in [-0.25, -0.2) is 0 Å². The van der Waals surface area contributed by atoms with Crippen molar-refractivity contribution >= 4 is 0 Å². The van der Waals surface area contributed by atoms with E-state index in [0.29, 0.717) is 6.04 Å². The molecule has 2 rings (SSSR count). The summed E-state index contributed by atoms with van der Waals surface area (Å²) in [4.78, 5) is 0. The molecule has 0 saturated carbocycles. The fraction of sp³-hybridized carbons (Fsp3) is 0.333. The van der Waals surface area contributed by atoms with Crippen LogP contribution in [0.1, 0.15) is 35.2 Å². The van der Waals surface area contributed by atoms with E-state index in [2.05, 4.69) is 56.4 Å². The van der Waals surface area contributed by atoms with Crippen molar-refractivity contribution in [1.29, 1.82) is 0 Å². The Morgan fingerprint density at radius 2 is 1.70 bits per heavy atom. The van der Waals surface area contributed by atoms with E-state index >= 15 is 0 Å². The topological polar surface area (TPSA) is 21.3 Å². The van der Waals surface area contributed by atoms with Gasteiger partial charge in [-0.3, -0.25) is 0 Å². The van der Waals surface area contributed by atoms with E-state index in [-0.39, 0.29) is 0 Å². The van der Waals surface area contributed by atoms with E-state index < -0.39 is 0 Å². The van der Waals surface area contributed by atoms with Gasteiger partial charge in [-0.15, -0.1) is 0 Å². The van der Waals surface area contributed by atoms with Crippen molar-refractivity contribution < 1.29 is 4.74 Å². The van der Waals surface area contributed by atoms with Crippen LogP contribution >= 0.6 is 0 Å². The summed E-state index contributed by atoms with van der Waals surface area (Å²) in [6.07, 6.45) is 0. The van der Waals surface area contributed by atoms with Crippen LogP contribution in [0.2, 0.25) is 0 Å². The Morgan fingerprint density at radius 3 is 2.30 bits per heavy atom. The highest BCUT2D eigenvalue weighted by Gasteiger charge is 2.06. The molecule has 2 heteroatoms. The third kappa shape index (κ3) is 3.61. The first-order valence-corrected chi connectivity index (χ1v) is 7.03. The zero-order valence-electron chi connectivity index (χ0n) is 12.7. The SMILES string of the molecule is COc1ccc(CNC(C)c2ccc(C)c(C)c2)cc1. The Hall–Kier alpha value is -1.80. The molecule has 0 aliphatic heterocycles. The van der Waals surface area contributed by atoms with Gasteiger partial charge < -0.3 is 10.1 Å². The first-order chi connectivity index (χ1) is 9.60. The van der Waals surface area contributed by atoms with Crippen LogP contribution in [0.15, 0.2) is 42.5 Å². The van der Waals surface area contributed by atoms with Crippen molar-refractivity contribution in [2.24, 2.45) is 0 Å². The van der Waals surface area contributed by atoms with Gasteiger partial charge in [0.1, 0.15) is 5.75 Å². The Kier molecular flexibility index (Phi) is 4.80. The molecule has 0 aliphatic carbocycles. The number of methoxy groups -OCH3 is 1. The maximum absolute atomic E-state index is 5.17. The average Bonchev–Trinajstić information content (AvgIpc) is 2.48. The molecule has 0 amide bonds. The number of nitrogens with one attached hydrogen (secondary N) is 1. The fourth-order valence-electron chi connectivity index (χ4n) is 2.17. The van der Waals surface area contributed by atoms with Crippen molar-refractivity contribution in [3.05, 3.63) is 64.7 Å². The van der Waals surface area contributed by atoms with Crippen molar-refractivity contribution in [2.75, 3.05) is 7.11 Å². The number of rotatable bonds is 5. The van der Waals surface area contributed by atoms with Gasteiger partial charge in [0.2, 0.25) is 0 Å². The zero-order valence-corrected chi connectivity index (χ0v) is 12.7. The first kappa shape index (κ1) is 14.6. The normalized spacial score (nSPS) is 12.2. The van der Waals surface area contributed by atoms with Crippen molar-refractivity contribution in [1.82, 2.24) is 5.32 Å². The molecule has 0 radical (unpaired) electrons. The van der Waals surface area contributed by atoms with Gasteiger partial charge in [-0.1, -0.05) is 30.3 Å². The minimum absolute atomic E-state index is 0.344. The highest BCUT2D eigenvalue weighted by Crippen LogP contribution is 2.18. The lowest BCUT2D eigenvalue weighted by molar-refractivity contribution is 0.414. The minimum atomic E-state index is 0.344. The molecule has 0 saturated heterocycles. The predicted molar refractivity (Wildman–Crippen MR) is 84.2 cm³/mol. The van der Waals surface area contributed by atoms with Gasteiger partial charge in [0.25, 0.3) is 0 Å². The molecule has 106 valence electrons. The largest absolute Gasteiger partial charge is 0.497 e. The molecule has 2 nitrogen and oxygen atoms in total. The third-order valence-electron chi connectivity index (χ3n) is 3.80. The number of ether oxygens (including phenoxy) is 1. The van der Waals surface area contributed by atoms with E-state index in [1.807, 2.05) is 12.1 Å². The van der Waals surface area contributed by atoms with Crippen LogP contribution in [-0.4, -0.2) is 7.11 Å². The monoisotopic (exact) mass is 269 g/mol. The van der Waals surface area contributed by atoms with Crippen LogP contribution in [-0.2, 0) is 6.54 Å². The van der Waals surface area contributed by atoms with E-state index in [9.17, 15) is 0 Å². The summed E-state index contributed by atoms with van der Waals surface area (Å²) in [5, 5.41) is 3.56. The molecule has 20 heavy (non-hydrogen) atoms. The van der Waals surface area contributed by atoms with Gasteiger partial charge in [0.15, 0.2) is 0 Å². The van der Waals surface area contributed by atoms with Crippen LogP contribution in [0.5, 0.6) is 5.75 Å². The van der Waals surface area contributed by atoms with E-state index in [1.54, 1.807) is 7.11 Å². The number of benzene rings is 2. The Bertz CT molecular complexity index is 560. The summed E-state index contributed by atoms with van der Waals surface area (Å²) >= 11 is 0. The molecule has 1 unspecified atom stereocenters. The van der Waals surface area contributed by atoms with Gasteiger partial charge in [-0.05, 0) is 55.2 Å². The van der Waals surface area contributed by atoms with Crippen molar-refractivity contribution in [2.45, 2.75) is 33.4 Å². The molecule has 0 aromatic heterocycles.